The summed E-state index contributed by atoms with van der Waals surface area (Å²) in [6, 6.07) is 0.633. The van der Waals surface area contributed by atoms with Gasteiger partial charge in [-0.15, -0.1) is 0 Å². The van der Waals surface area contributed by atoms with E-state index in [9.17, 15) is 0 Å². The molecule has 1 saturated heterocycles. The molecule has 3 rings (SSSR count). The second-order valence-corrected chi connectivity index (χ2v) is 5.93. The maximum atomic E-state index is 6.15. The Balaban J connectivity index is 1.88. The highest BCUT2D eigenvalue weighted by Crippen LogP contribution is 2.37. The van der Waals surface area contributed by atoms with E-state index < -0.39 is 0 Å². The van der Waals surface area contributed by atoms with Crippen LogP contribution in [0.1, 0.15) is 36.4 Å². The molecule has 94 valence electrons. The van der Waals surface area contributed by atoms with Crippen LogP contribution in [0.2, 0.25) is 0 Å². The second-order valence-electron chi connectivity index (χ2n) is 4.92. The Hall–Kier alpha value is -0.650. The van der Waals surface area contributed by atoms with Gasteiger partial charge in [-0.25, -0.2) is 4.98 Å². The lowest BCUT2D eigenvalue weighted by Gasteiger charge is -2.32. The zero-order valence-electron chi connectivity index (χ0n) is 10.2. The molecule has 2 N–H and O–H groups in total. The first kappa shape index (κ1) is 11.4. The number of fused-ring (bicyclic) bond motifs is 1. The van der Waals surface area contributed by atoms with Gasteiger partial charge in [0.05, 0.1) is 24.9 Å². The summed E-state index contributed by atoms with van der Waals surface area (Å²) in [5, 5.41) is 1.14. The average Bonchev–Trinajstić information content (AvgIpc) is 2.75. The van der Waals surface area contributed by atoms with Gasteiger partial charge in [-0.2, -0.15) is 0 Å². The van der Waals surface area contributed by atoms with Crippen molar-refractivity contribution in [1.82, 2.24) is 4.98 Å². The zero-order valence-corrected chi connectivity index (χ0v) is 11.0. The van der Waals surface area contributed by atoms with Crippen molar-refractivity contribution in [2.24, 2.45) is 5.73 Å². The SMILES string of the molecule is CC1COCCN1c1nc2c(s1)C(N)CCC2. The van der Waals surface area contributed by atoms with Gasteiger partial charge < -0.3 is 15.4 Å². The Morgan fingerprint density at radius 1 is 1.53 bits per heavy atom. The van der Waals surface area contributed by atoms with E-state index in [4.69, 9.17) is 15.5 Å². The highest BCUT2D eigenvalue weighted by Gasteiger charge is 2.27. The summed E-state index contributed by atoms with van der Waals surface area (Å²) in [6.07, 6.45) is 3.38. The normalized spacial score (nSPS) is 29.2. The Kier molecular flexibility index (Phi) is 3.06. The van der Waals surface area contributed by atoms with E-state index in [0.717, 1.165) is 37.7 Å². The number of anilines is 1. The van der Waals surface area contributed by atoms with Crippen LogP contribution in [0.5, 0.6) is 0 Å². The number of rotatable bonds is 1. The predicted molar refractivity (Wildman–Crippen MR) is 69.6 cm³/mol. The molecule has 2 atom stereocenters. The minimum absolute atomic E-state index is 0.210. The lowest BCUT2D eigenvalue weighted by Crippen LogP contribution is -2.43. The van der Waals surface area contributed by atoms with Gasteiger partial charge in [0.1, 0.15) is 0 Å². The van der Waals surface area contributed by atoms with E-state index in [1.807, 2.05) is 0 Å². The maximum absolute atomic E-state index is 6.15. The maximum Gasteiger partial charge on any atom is 0.186 e. The van der Waals surface area contributed by atoms with E-state index >= 15 is 0 Å². The van der Waals surface area contributed by atoms with Gasteiger partial charge in [0.15, 0.2) is 5.13 Å². The summed E-state index contributed by atoms with van der Waals surface area (Å²) in [6.45, 7) is 4.75. The molecule has 4 nitrogen and oxygen atoms in total. The van der Waals surface area contributed by atoms with Gasteiger partial charge in [-0.05, 0) is 26.2 Å². The summed E-state index contributed by atoms with van der Waals surface area (Å²) >= 11 is 1.79. The molecule has 1 aromatic rings. The van der Waals surface area contributed by atoms with Gasteiger partial charge in [0, 0.05) is 17.5 Å². The van der Waals surface area contributed by atoms with Crippen molar-refractivity contribution in [2.75, 3.05) is 24.7 Å². The molecule has 17 heavy (non-hydrogen) atoms. The van der Waals surface area contributed by atoms with Crippen LogP contribution in [0.25, 0.3) is 0 Å². The van der Waals surface area contributed by atoms with Gasteiger partial charge in [-0.3, -0.25) is 0 Å². The standard InChI is InChI=1S/C12H19N3OS/c1-8-7-16-6-5-15(8)12-14-10-4-2-3-9(13)11(10)17-12/h8-9H,2-7,13H2,1H3. The topological polar surface area (TPSA) is 51.4 Å². The molecule has 0 saturated carbocycles. The number of aromatic nitrogens is 1. The highest BCUT2D eigenvalue weighted by atomic mass is 32.1. The summed E-state index contributed by atoms with van der Waals surface area (Å²) in [4.78, 5) is 8.45. The van der Waals surface area contributed by atoms with Crippen LogP contribution < -0.4 is 10.6 Å². The van der Waals surface area contributed by atoms with Crippen molar-refractivity contribution in [3.05, 3.63) is 10.6 Å². The van der Waals surface area contributed by atoms with E-state index in [1.165, 1.54) is 17.0 Å². The van der Waals surface area contributed by atoms with Crippen molar-refractivity contribution < 1.29 is 4.74 Å². The predicted octanol–water partition coefficient (Wildman–Crippen LogP) is 1.70. The molecule has 2 aliphatic rings. The molecule has 1 fully saturated rings. The Bertz CT molecular complexity index is 406. The number of thiazole rings is 1. The molecule has 2 heterocycles. The van der Waals surface area contributed by atoms with Crippen LogP contribution in [0, 0.1) is 0 Å². The molecule has 0 radical (unpaired) electrons. The van der Waals surface area contributed by atoms with Crippen molar-refractivity contribution in [3.8, 4) is 0 Å². The molecule has 0 spiro atoms. The fraction of sp³-hybridized carbons (Fsp3) is 0.750. The van der Waals surface area contributed by atoms with E-state index in [0.29, 0.717) is 6.04 Å². The second kappa shape index (κ2) is 4.55. The van der Waals surface area contributed by atoms with Crippen LogP contribution in [-0.4, -0.2) is 30.8 Å². The summed E-state index contributed by atoms with van der Waals surface area (Å²) < 4.78 is 5.47. The number of nitrogens with two attached hydrogens (primary N) is 1. The molecule has 1 aliphatic carbocycles. The Labute approximate surface area is 106 Å². The molecule has 0 bridgehead atoms. The van der Waals surface area contributed by atoms with Crippen molar-refractivity contribution >= 4 is 16.5 Å². The largest absolute Gasteiger partial charge is 0.377 e. The fourth-order valence-corrected chi connectivity index (χ4v) is 3.85. The van der Waals surface area contributed by atoms with Gasteiger partial charge in [0.2, 0.25) is 0 Å². The van der Waals surface area contributed by atoms with Crippen LogP contribution >= 0.6 is 11.3 Å². The molecular formula is C12H19N3OS. The van der Waals surface area contributed by atoms with Crippen molar-refractivity contribution in [1.29, 1.82) is 0 Å². The van der Waals surface area contributed by atoms with Gasteiger partial charge in [-0.1, -0.05) is 11.3 Å². The van der Waals surface area contributed by atoms with E-state index in [-0.39, 0.29) is 6.04 Å². The van der Waals surface area contributed by atoms with Crippen molar-refractivity contribution in [2.45, 2.75) is 38.3 Å². The Morgan fingerprint density at radius 2 is 2.41 bits per heavy atom. The summed E-state index contributed by atoms with van der Waals surface area (Å²) in [5.74, 6) is 0. The van der Waals surface area contributed by atoms with Crippen LogP contribution in [0.4, 0.5) is 5.13 Å². The molecule has 0 amide bonds. The molecule has 5 heteroatoms. The summed E-state index contributed by atoms with van der Waals surface area (Å²) in [5.41, 5.74) is 7.39. The number of aryl methyl sites for hydroxylation is 1. The third-order valence-corrected chi connectivity index (χ3v) is 4.86. The first-order valence-corrected chi connectivity index (χ1v) is 7.17. The molecule has 1 aromatic heterocycles. The van der Waals surface area contributed by atoms with E-state index in [2.05, 4.69) is 11.8 Å². The van der Waals surface area contributed by atoms with E-state index in [1.54, 1.807) is 11.3 Å². The molecular weight excluding hydrogens is 234 g/mol. The first-order valence-electron chi connectivity index (χ1n) is 6.35. The number of hydrogen-bond acceptors (Lipinski definition) is 5. The van der Waals surface area contributed by atoms with Crippen LogP contribution in [0.3, 0.4) is 0 Å². The van der Waals surface area contributed by atoms with Gasteiger partial charge >= 0.3 is 0 Å². The number of morpholine rings is 1. The monoisotopic (exact) mass is 253 g/mol. The highest BCUT2D eigenvalue weighted by molar-refractivity contribution is 7.15. The summed E-state index contributed by atoms with van der Waals surface area (Å²) in [7, 11) is 0. The minimum atomic E-state index is 0.210. The molecule has 2 unspecified atom stereocenters. The molecule has 1 aliphatic heterocycles. The van der Waals surface area contributed by atoms with Gasteiger partial charge in [0.25, 0.3) is 0 Å². The first-order chi connectivity index (χ1) is 8.25. The van der Waals surface area contributed by atoms with Crippen LogP contribution in [0.15, 0.2) is 0 Å². The number of nitrogens with zero attached hydrogens (tertiary/aromatic N) is 2. The minimum Gasteiger partial charge on any atom is -0.377 e. The molecule has 0 aromatic carbocycles. The van der Waals surface area contributed by atoms with Crippen LogP contribution in [-0.2, 0) is 11.2 Å². The van der Waals surface area contributed by atoms with Crippen molar-refractivity contribution in [3.63, 3.8) is 0 Å². The third-order valence-electron chi connectivity index (χ3n) is 3.60. The third kappa shape index (κ3) is 2.07. The fourth-order valence-electron chi connectivity index (χ4n) is 2.57. The number of hydrogen-bond donors (Lipinski definition) is 1. The smallest absolute Gasteiger partial charge is 0.186 e. The number of ether oxygens (including phenoxy) is 1. The average molecular weight is 253 g/mol. The Morgan fingerprint density at radius 3 is 3.18 bits per heavy atom. The lowest BCUT2D eigenvalue weighted by atomic mass is 9.99. The zero-order chi connectivity index (χ0) is 11.8. The lowest BCUT2D eigenvalue weighted by molar-refractivity contribution is 0.0989. The quantitative estimate of drug-likeness (QED) is 0.827.